The van der Waals surface area contributed by atoms with Gasteiger partial charge >= 0.3 is 0 Å². The molecule has 0 amide bonds. The predicted octanol–water partition coefficient (Wildman–Crippen LogP) is 8.44. The Bertz CT molecular complexity index is 1490. The van der Waals surface area contributed by atoms with Crippen molar-refractivity contribution in [3.8, 4) is 22.3 Å². The third kappa shape index (κ3) is 5.19. The lowest BCUT2D eigenvalue weighted by Crippen LogP contribution is -2.26. The summed E-state index contributed by atoms with van der Waals surface area (Å²) in [6.45, 7) is 7.03. The first-order valence-corrected chi connectivity index (χ1v) is 12.5. The van der Waals surface area contributed by atoms with Crippen LogP contribution in [0.5, 0.6) is 0 Å². The number of anilines is 2. The summed E-state index contributed by atoms with van der Waals surface area (Å²) in [5.41, 5.74) is 6.06. The molecule has 0 radical (unpaired) electrons. The van der Waals surface area contributed by atoms with Gasteiger partial charge in [-0.3, -0.25) is 4.98 Å². The number of halogens is 1. The maximum Gasteiger partial charge on any atom is 0.140 e. The first-order valence-electron chi connectivity index (χ1n) is 12.1. The van der Waals surface area contributed by atoms with Crippen molar-refractivity contribution in [3.05, 3.63) is 108 Å². The molecule has 0 spiro atoms. The minimum absolute atomic E-state index is 0.0872. The Labute approximate surface area is 217 Å². The highest BCUT2D eigenvalue weighted by Crippen LogP contribution is 2.42. The van der Waals surface area contributed by atoms with Crippen LogP contribution in [0.25, 0.3) is 33.0 Å². The predicted molar refractivity (Wildman–Crippen MR) is 153 cm³/mol. The number of hydrogen-bond acceptors (Lipinski definition) is 4. The minimum atomic E-state index is -0.0872. The van der Waals surface area contributed by atoms with Crippen LogP contribution in [0, 0.1) is 0 Å². The number of benzene rings is 3. The molecule has 0 fully saturated rings. The van der Waals surface area contributed by atoms with Gasteiger partial charge in [0.2, 0.25) is 0 Å². The van der Waals surface area contributed by atoms with Crippen molar-refractivity contribution in [1.29, 1.82) is 0 Å². The van der Waals surface area contributed by atoms with Crippen LogP contribution in [0.4, 0.5) is 11.5 Å². The second-order valence-corrected chi connectivity index (χ2v) is 10.3. The molecule has 2 heterocycles. The maximum atomic E-state index is 6.91. The van der Waals surface area contributed by atoms with Crippen LogP contribution in [0.2, 0.25) is 5.15 Å². The fraction of sp³-hybridized carbons (Fsp3) is 0.161. The van der Waals surface area contributed by atoms with Gasteiger partial charge in [0.05, 0.1) is 5.69 Å². The van der Waals surface area contributed by atoms with Crippen molar-refractivity contribution in [1.82, 2.24) is 9.97 Å². The van der Waals surface area contributed by atoms with Gasteiger partial charge in [-0.05, 0) is 48.9 Å². The molecule has 0 aliphatic carbocycles. The van der Waals surface area contributed by atoms with Gasteiger partial charge in [0, 0.05) is 41.0 Å². The molecule has 4 nitrogen and oxygen atoms in total. The second-order valence-electron chi connectivity index (χ2n) is 9.90. The highest BCUT2D eigenvalue weighted by atomic mass is 35.5. The van der Waals surface area contributed by atoms with E-state index in [4.69, 9.17) is 16.6 Å². The summed E-state index contributed by atoms with van der Waals surface area (Å²) < 4.78 is 0. The van der Waals surface area contributed by atoms with Crippen molar-refractivity contribution in [2.45, 2.75) is 32.9 Å². The summed E-state index contributed by atoms with van der Waals surface area (Å²) in [6.07, 6.45) is 3.69. The topological polar surface area (TPSA) is 49.8 Å². The Balaban J connectivity index is 1.70. The number of fused-ring (bicyclic) bond motifs is 1. The van der Waals surface area contributed by atoms with E-state index in [-0.39, 0.29) is 5.54 Å². The number of rotatable bonds is 6. The summed E-state index contributed by atoms with van der Waals surface area (Å²) in [5.74, 6) is 0.763. The summed E-state index contributed by atoms with van der Waals surface area (Å²) in [7, 11) is 0. The van der Waals surface area contributed by atoms with Crippen LogP contribution in [0.1, 0.15) is 26.3 Å². The Morgan fingerprint density at radius 1 is 0.806 bits per heavy atom. The van der Waals surface area contributed by atoms with Crippen molar-refractivity contribution >= 4 is 33.9 Å². The van der Waals surface area contributed by atoms with Gasteiger partial charge in [0.25, 0.3) is 0 Å². The first-order chi connectivity index (χ1) is 17.4. The summed E-state index contributed by atoms with van der Waals surface area (Å²) in [6, 6.07) is 29.1. The van der Waals surface area contributed by atoms with Gasteiger partial charge in [0.15, 0.2) is 0 Å². The molecular weight excluding hydrogens is 464 g/mol. The van der Waals surface area contributed by atoms with E-state index in [1.165, 1.54) is 5.56 Å². The lowest BCUT2D eigenvalue weighted by molar-refractivity contribution is 0.633. The van der Waals surface area contributed by atoms with E-state index in [1.54, 1.807) is 0 Å². The van der Waals surface area contributed by atoms with E-state index in [9.17, 15) is 0 Å². The van der Waals surface area contributed by atoms with Crippen LogP contribution in [-0.2, 0) is 6.54 Å². The molecule has 180 valence electrons. The zero-order valence-corrected chi connectivity index (χ0v) is 21.5. The fourth-order valence-electron chi connectivity index (χ4n) is 4.46. The zero-order chi connectivity index (χ0) is 25.1. The Kier molecular flexibility index (Phi) is 6.62. The van der Waals surface area contributed by atoms with Crippen molar-refractivity contribution in [2.75, 3.05) is 10.6 Å². The molecule has 3 aromatic carbocycles. The number of hydrogen-bond donors (Lipinski definition) is 2. The standard InChI is InChI=1S/C31H29ClN4/c1-31(2,3)36-24-17-23(19-33-20-24)27-26-16-10-15-25(22-13-8-5-9-14-22)28(26)30(35-29(27)32)34-18-21-11-6-4-7-12-21/h4-17,19-20,36H,18H2,1-3H3,(H,34,35). The summed E-state index contributed by atoms with van der Waals surface area (Å²) in [5, 5.41) is 9.57. The van der Waals surface area contributed by atoms with Crippen LogP contribution >= 0.6 is 11.6 Å². The molecule has 0 aliphatic rings. The zero-order valence-electron chi connectivity index (χ0n) is 20.7. The van der Waals surface area contributed by atoms with E-state index in [1.807, 2.05) is 36.7 Å². The highest BCUT2D eigenvalue weighted by molar-refractivity contribution is 6.34. The molecule has 0 atom stereocenters. The van der Waals surface area contributed by atoms with E-state index in [0.29, 0.717) is 11.7 Å². The largest absolute Gasteiger partial charge is 0.379 e. The molecule has 0 saturated heterocycles. The molecule has 2 N–H and O–H groups in total. The maximum absolute atomic E-state index is 6.91. The monoisotopic (exact) mass is 492 g/mol. The van der Waals surface area contributed by atoms with Crippen LogP contribution in [-0.4, -0.2) is 15.5 Å². The third-order valence-corrected chi connectivity index (χ3v) is 6.19. The fourth-order valence-corrected chi connectivity index (χ4v) is 4.75. The van der Waals surface area contributed by atoms with Crippen molar-refractivity contribution in [2.24, 2.45) is 0 Å². The first kappa shape index (κ1) is 23.8. The van der Waals surface area contributed by atoms with E-state index >= 15 is 0 Å². The van der Waals surface area contributed by atoms with Crippen LogP contribution < -0.4 is 10.6 Å². The average Bonchev–Trinajstić information content (AvgIpc) is 2.87. The molecule has 0 unspecified atom stereocenters. The molecular formula is C31H29ClN4. The molecule has 5 rings (SSSR count). The van der Waals surface area contributed by atoms with Gasteiger partial charge in [-0.25, -0.2) is 4.98 Å². The number of aromatic nitrogens is 2. The van der Waals surface area contributed by atoms with Gasteiger partial charge < -0.3 is 10.6 Å². The third-order valence-electron chi connectivity index (χ3n) is 5.92. The van der Waals surface area contributed by atoms with Crippen LogP contribution in [0.15, 0.2) is 97.3 Å². The van der Waals surface area contributed by atoms with Crippen molar-refractivity contribution < 1.29 is 0 Å². The van der Waals surface area contributed by atoms with Gasteiger partial charge in [-0.2, -0.15) is 0 Å². The summed E-state index contributed by atoms with van der Waals surface area (Å²) in [4.78, 5) is 9.40. The molecule has 0 aliphatic heterocycles. The molecule has 0 bridgehead atoms. The second kappa shape index (κ2) is 10.00. The van der Waals surface area contributed by atoms with Crippen molar-refractivity contribution in [3.63, 3.8) is 0 Å². The summed E-state index contributed by atoms with van der Waals surface area (Å²) >= 11 is 6.91. The highest BCUT2D eigenvalue weighted by Gasteiger charge is 2.19. The number of pyridine rings is 2. The lowest BCUT2D eigenvalue weighted by atomic mass is 9.94. The Morgan fingerprint density at radius 3 is 2.25 bits per heavy atom. The Hall–Kier alpha value is -3.89. The number of nitrogens with zero attached hydrogens (tertiary/aromatic N) is 2. The molecule has 36 heavy (non-hydrogen) atoms. The van der Waals surface area contributed by atoms with E-state index in [2.05, 4.69) is 97.1 Å². The van der Waals surface area contributed by atoms with E-state index < -0.39 is 0 Å². The van der Waals surface area contributed by atoms with E-state index in [0.717, 1.165) is 44.5 Å². The van der Waals surface area contributed by atoms with Gasteiger partial charge in [-0.15, -0.1) is 0 Å². The Morgan fingerprint density at radius 2 is 1.53 bits per heavy atom. The quantitative estimate of drug-likeness (QED) is 0.233. The molecule has 0 saturated carbocycles. The lowest BCUT2D eigenvalue weighted by Gasteiger charge is -2.22. The molecule has 5 aromatic rings. The number of nitrogens with one attached hydrogen (secondary N) is 2. The average molecular weight is 493 g/mol. The van der Waals surface area contributed by atoms with Gasteiger partial charge in [-0.1, -0.05) is 90.5 Å². The van der Waals surface area contributed by atoms with Crippen LogP contribution in [0.3, 0.4) is 0 Å². The normalized spacial score (nSPS) is 11.4. The minimum Gasteiger partial charge on any atom is -0.379 e. The molecule has 5 heteroatoms. The van der Waals surface area contributed by atoms with Gasteiger partial charge in [0.1, 0.15) is 11.0 Å². The molecule has 2 aromatic heterocycles. The smallest absolute Gasteiger partial charge is 0.140 e. The SMILES string of the molecule is CC(C)(C)Nc1cncc(-c2c(Cl)nc(NCc3ccccc3)c3c(-c4ccccc4)cccc23)c1.